The number of carboxylic acid groups (broad SMARTS) is 1. The molecule has 1 heterocycles. The van der Waals surface area contributed by atoms with Crippen molar-refractivity contribution in [1.29, 1.82) is 10.7 Å². The van der Waals surface area contributed by atoms with Gasteiger partial charge < -0.3 is 24.2 Å². The van der Waals surface area contributed by atoms with Crippen LogP contribution in [0.25, 0.3) is 0 Å². The number of nitrogens with one attached hydrogen (secondary N) is 1. The topological polar surface area (TPSA) is 133 Å². The van der Waals surface area contributed by atoms with E-state index < -0.39 is 11.8 Å². The lowest BCUT2D eigenvalue weighted by Gasteiger charge is -2.26. The number of benzene rings is 2. The fourth-order valence-electron chi connectivity index (χ4n) is 4.90. The molecule has 220 valence electrons. The van der Waals surface area contributed by atoms with E-state index in [0.717, 1.165) is 11.1 Å². The molecule has 3 rings (SSSR count). The molecule has 1 aliphatic heterocycles. The van der Waals surface area contributed by atoms with Crippen molar-refractivity contribution in [2.75, 3.05) is 27.4 Å². The maximum atomic E-state index is 15.2. The lowest BCUT2D eigenvalue weighted by molar-refractivity contribution is -0.137. The number of nitriles is 1. The fourth-order valence-corrected chi connectivity index (χ4v) is 4.90. The van der Waals surface area contributed by atoms with E-state index in [1.807, 2.05) is 26.8 Å². The van der Waals surface area contributed by atoms with Gasteiger partial charge in [0.2, 0.25) is 0 Å². The van der Waals surface area contributed by atoms with E-state index in [2.05, 4.69) is 6.07 Å². The van der Waals surface area contributed by atoms with Crippen LogP contribution in [0.1, 0.15) is 85.5 Å². The molecule has 0 amide bonds. The lowest BCUT2D eigenvalue weighted by Crippen LogP contribution is -2.31. The first kappa shape index (κ1) is 31.4. The third-order valence-corrected chi connectivity index (χ3v) is 7.00. The number of amidine groups is 1. The minimum Gasteiger partial charge on any atom is -0.493 e. The number of aryl methyl sites for hydroxylation is 1. The molecule has 2 N–H and O–H groups in total. The molecule has 0 atom stereocenters. The van der Waals surface area contributed by atoms with Crippen molar-refractivity contribution in [2.24, 2.45) is 0 Å². The number of carbonyl (C=O) groups is 2. The molecule has 0 aliphatic carbocycles. The molecular weight excluding hydrogens is 529 g/mol. The van der Waals surface area contributed by atoms with E-state index in [1.165, 1.54) is 19.1 Å². The highest BCUT2D eigenvalue weighted by Gasteiger charge is 2.33. The SMILES string of the molecule is COc1cc2c(c(F)c1OC)C(=N)N(CC(=O)c1cc(CCCC#N)c(OCCCCC(=O)O)c(C(C)(C)C)c1)C2. The molecule has 0 aromatic heterocycles. The molecule has 2 aromatic carbocycles. The Labute approximate surface area is 240 Å². The molecule has 0 saturated heterocycles. The summed E-state index contributed by atoms with van der Waals surface area (Å²) in [5.74, 6) is -1.08. The van der Waals surface area contributed by atoms with Gasteiger partial charge in [-0.1, -0.05) is 20.8 Å². The average Bonchev–Trinajstić information content (AvgIpc) is 3.22. The highest BCUT2D eigenvalue weighted by molar-refractivity contribution is 6.06. The van der Waals surface area contributed by atoms with Crippen LogP contribution in [0, 0.1) is 22.6 Å². The van der Waals surface area contributed by atoms with Gasteiger partial charge in [0, 0.05) is 30.5 Å². The number of carboxylic acids is 1. The first-order chi connectivity index (χ1) is 19.4. The van der Waals surface area contributed by atoms with Crippen molar-refractivity contribution >= 4 is 17.6 Å². The zero-order chi connectivity index (χ0) is 30.3. The van der Waals surface area contributed by atoms with Crippen LogP contribution in [0.4, 0.5) is 4.39 Å². The Balaban J connectivity index is 1.91. The number of nitrogens with zero attached hydrogens (tertiary/aromatic N) is 2. The van der Waals surface area contributed by atoms with Crippen molar-refractivity contribution in [3.8, 4) is 23.3 Å². The number of methoxy groups -OCH3 is 2. The molecule has 0 unspecified atom stereocenters. The van der Waals surface area contributed by atoms with Crippen LogP contribution >= 0.6 is 0 Å². The standard InChI is InChI=1S/C31H38FN3O6/c1-31(2,3)22-15-20(14-19(10-6-8-12-33)28(22)41-13-9-7-11-25(37)38)23(36)18-35-17-21-16-24(39-4)29(40-5)27(32)26(21)30(35)34/h14-16,34H,6-11,13,17-18H2,1-5H3,(H,37,38). The second-order valence-electron chi connectivity index (χ2n) is 11.1. The van der Waals surface area contributed by atoms with Gasteiger partial charge in [-0.05, 0) is 60.4 Å². The molecule has 0 bridgehead atoms. The molecule has 0 spiro atoms. The summed E-state index contributed by atoms with van der Waals surface area (Å²) in [5.41, 5.74) is 2.32. The molecule has 1 aliphatic rings. The predicted molar refractivity (Wildman–Crippen MR) is 152 cm³/mol. The van der Waals surface area contributed by atoms with Crippen LogP contribution in [-0.2, 0) is 23.2 Å². The Bertz CT molecular complexity index is 1360. The number of hydrogen-bond acceptors (Lipinski definition) is 7. The zero-order valence-corrected chi connectivity index (χ0v) is 24.4. The minimum absolute atomic E-state index is 0.0663. The Morgan fingerprint density at radius 3 is 2.46 bits per heavy atom. The molecular formula is C31H38FN3O6. The number of halogens is 1. The van der Waals surface area contributed by atoms with E-state index in [-0.39, 0.29) is 53.6 Å². The Hall–Kier alpha value is -4.13. The van der Waals surface area contributed by atoms with Gasteiger partial charge in [-0.15, -0.1) is 0 Å². The van der Waals surface area contributed by atoms with Gasteiger partial charge >= 0.3 is 5.97 Å². The second kappa shape index (κ2) is 13.5. The number of carbonyl (C=O) groups excluding carboxylic acids is 1. The third-order valence-electron chi connectivity index (χ3n) is 7.00. The molecule has 0 radical (unpaired) electrons. The summed E-state index contributed by atoms with van der Waals surface area (Å²) in [6.07, 6.45) is 2.58. The van der Waals surface area contributed by atoms with E-state index >= 15 is 4.39 Å². The quantitative estimate of drug-likeness (QED) is 0.221. The maximum Gasteiger partial charge on any atom is 0.303 e. The van der Waals surface area contributed by atoms with Crippen molar-refractivity contribution in [3.05, 3.63) is 51.8 Å². The number of aliphatic carboxylic acids is 1. The highest BCUT2D eigenvalue weighted by atomic mass is 19.1. The monoisotopic (exact) mass is 567 g/mol. The largest absolute Gasteiger partial charge is 0.493 e. The average molecular weight is 568 g/mol. The van der Waals surface area contributed by atoms with Gasteiger partial charge in [0.05, 0.1) is 39.0 Å². The predicted octanol–water partition coefficient (Wildman–Crippen LogP) is 5.64. The summed E-state index contributed by atoms with van der Waals surface area (Å²) < 4.78 is 31.8. The summed E-state index contributed by atoms with van der Waals surface area (Å²) >= 11 is 0. The van der Waals surface area contributed by atoms with Crippen molar-refractivity contribution in [2.45, 2.75) is 71.3 Å². The van der Waals surface area contributed by atoms with Gasteiger partial charge in [-0.3, -0.25) is 15.0 Å². The summed E-state index contributed by atoms with van der Waals surface area (Å²) in [5, 5.41) is 26.6. The first-order valence-electron chi connectivity index (χ1n) is 13.6. The molecule has 41 heavy (non-hydrogen) atoms. The van der Waals surface area contributed by atoms with Gasteiger partial charge in [0.15, 0.2) is 23.1 Å². The van der Waals surface area contributed by atoms with Gasteiger partial charge in [-0.2, -0.15) is 5.26 Å². The summed E-state index contributed by atoms with van der Waals surface area (Å²) in [6, 6.07) is 7.37. The number of unbranched alkanes of at least 4 members (excludes halogenated alkanes) is 2. The molecule has 10 heteroatoms. The fraction of sp³-hybridized carbons (Fsp3) is 0.484. The van der Waals surface area contributed by atoms with Gasteiger partial charge in [0.1, 0.15) is 11.6 Å². The van der Waals surface area contributed by atoms with Gasteiger partial charge in [0.25, 0.3) is 0 Å². The number of ketones is 1. The normalized spacial score (nSPS) is 12.6. The van der Waals surface area contributed by atoms with E-state index in [0.29, 0.717) is 55.6 Å². The first-order valence-corrected chi connectivity index (χ1v) is 13.6. The van der Waals surface area contributed by atoms with Crippen LogP contribution in [0.15, 0.2) is 18.2 Å². The molecule has 0 fully saturated rings. The summed E-state index contributed by atoms with van der Waals surface area (Å²) in [6.45, 7) is 6.43. The number of Topliss-reactive ketones (excluding diaryl/α,β-unsaturated/α-hetero) is 1. The Morgan fingerprint density at radius 1 is 1.12 bits per heavy atom. The second-order valence-corrected chi connectivity index (χ2v) is 11.1. The van der Waals surface area contributed by atoms with Crippen LogP contribution in [0.5, 0.6) is 17.2 Å². The molecule has 9 nitrogen and oxygen atoms in total. The van der Waals surface area contributed by atoms with Crippen molar-refractivity contribution in [1.82, 2.24) is 4.90 Å². The van der Waals surface area contributed by atoms with E-state index in [4.69, 9.17) is 30.0 Å². The minimum atomic E-state index is -0.851. The molecule has 2 aromatic rings. The van der Waals surface area contributed by atoms with E-state index in [9.17, 15) is 9.59 Å². The number of hydrogen-bond donors (Lipinski definition) is 2. The van der Waals surface area contributed by atoms with Crippen molar-refractivity contribution < 1.29 is 33.3 Å². The summed E-state index contributed by atoms with van der Waals surface area (Å²) in [4.78, 5) is 26.0. The lowest BCUT2D eigenvalue weighted by atomic mass is 9.82. The maximum absolute atomic E-state index is 15.2. The van der Waals surface area contributed by atoms with Gasteiger partial charge in [-0.25, -0.2) is 4.39 Å². The van der Waals surface area contributed by atoms with Crippen LogP contribution in [0.2, 0.25) is 0 Å². The highest BCUT2D eigenvalue weighted by Crippen LogP contribution is 2.39. The Kier molecular flexibility index (Phi) is 10.3. The smallest absolute Gasteiger partial charge is 0.303 e. The Morgan fingerprint density at radius 2 is 1.85 bits per heavy atom. The number of fused-ring (bicyclic) bond motifs is 1. The number of ether oxygens (including phenoxy) is 3. The zero-order valence-electron chi connectivity index (χ0n) is 24.4. The molecule has 0 saturated carbocycles. The summed E-state index contributed by atoms with van der Waals surface area (Å²) in [7, 11) is 2.74. The third kappa shape index (κ3) is 7.34. The number of rotatable bonds is 14. The van der Waals surface area contributed by atoms with Crippen molar-refractivity contribution in [3.63, 3.8) is 0 Å². The van der Waals surface area contributed by atoms with E-state index in [1.54, 1.807) is 12.1 Å². The van der Waals surface area contributed by atoms with Crippen LogP contribution in [0.3, 0.4) is 0 Å². The van der Waals surface area contributed by atoms with Crippen LogP contribution in [-0.4, -0.2) is 55.0 Å². The van der Waals surface area contributed by atoms with Crippen LogP contribution < -0.4 is 14.2 Å².